The van der Waals surface area contributed by atoms with Crippen LogP contribution in [0.25, 0.3) is 0 Å². The Morgan fingerprint density at radius 1 is 1.18 bits per heavy atom. The number of methoxy groups -OCH3 is 1. The molecule has 3 nitrogen and oxygen atoms in total. The Balaban J connectivity index is 1.68. The maximum Gasteiger partial charge on any atom is 0.0717 e. The molecule has 0 aromatic heterocycles. The van der Waals surface area contributed by atoms with Gasteiger partial charge < -0.3 is 9.47 Å². The normalized spacial score (nSPS) is 39.7. The molecule has 0 amide bonds. The van der Waals surface area contributed by atoms with Crippen LogP contribution in [0.3, 0.4) is 0 Å². The lowest BCUT2D eigenvalue weighted by atomic mass is 9.89. The first-order valence-electron chi connectivity index (χ1n) is 6.84. The van der Waals surface area contributed by atoms with Crippen LogP contribution < -0.4 is 0 Å². The van der Waals surface area contributed by atoms with Crippen LogP contribution in [0.5, 0.6) is 0 Å². The van der Waals surface area contributed by atoms with Crippen molar-refractivity contribution in [2.24, 2.45) is 5.92 Å². The predicted octanol–water partition coefficient (Wildman–Crippen LogP) is 2.46. The van der Waals surface area contributed by atoms with Crippen LogP contribution in [-0.4, -0.2) is 43.2 Å². The van der Waals surface area contributed by atoms with Crippen molar-refractivity contribution in [3.63, 3.8) is 0 Å². The summed E-state index contributed by atoms with van der Waals surface area (Å²) >= 11 is 0. The minimum atomic E-state index is 0.382. The first-order chi connectivity index (χ1) is 8.19. The molecule has 2 rings (SSSR count). The number of rotatable bonds is 4. The maximum absolute atomic E-state index is 6.07. The second kappa shape index (κ2) is 6.47. The van der Waals surface area contributed by atoms with E-state index in [9.17, 15) is 0 Å². The molecule has 4 heteroatoms. The van der Waals surface area contributed by atoms with Gasteiger partial charge in [-0.15, -0.1) is 0 Å². The lowest BCUT2D eigenvalue weighted by molar-refractivity contribution is 0.00239. The summed E-state index contributed by atoms with van der Waals surface area (Å²) in [6, 6.07) is 0.518. The molecule has 1 saturated heterocycles. The zero-order valence-electron chi connectivity index (χ0n) is 11.1. The van der Waals surface area contributed by atoms with Crippen molar-refractivity contribution in [3.8, 4) is 0 Å². The minimum Gasteiger partial charge on any atom is -0.380 e. The molecular weight excluding hydrogens is 233 g/mol. The molecule has 17 heavy (non-hydrogen) atoms. The van der Waals surface area contributed by atoms with Gasteiger partial charge in [0, 0.05) is 19.7 Å². The number of hydrogen-bond donors (Lipinski definition) is 0. The summed E-state index contributed by atoms with van der Waals surface area (Å²) in [5, 5.41) is 0. The average Bonchev–Trinajstić information content (AvgIpc) is 2.69. The summed E-state index contributed by atoms with van der Waals surface area (Å²) in [6.45, 7) is 4.22. The van der Waals surface area contributed by atoms with Crippen LogP contribution in [-0.2, 0) is 9.47 Å². The van der Waals surface area contributed by atoms with E-state index in [-0.39, 0.29) is 0 Å². The van der Waals surface area contributed by atoms with E-state index in [0.29, 0.717) is 18.2 Å². The van der Waals surface area contributed by atoms with Crippen LogP contribution in [0.15, 0.2) is 0 Å². The minimum absolute atomic E-state index is 0.382. The van der Waals surface area contributed by atoms with Crippen molar-refractivity contribution in [1.82, 2.24) is 4.67 Å². The van der Waals surface area contributed by atoms with Gasteiger partial charge in [-0.1, -0.05) is 16.3 Å². The highest BCUT2D eigenvalue weighted by Crippen LogP contribution is 2.28. The first kappa shape index (κ1) is 13.7. The van der Waals surface area contributed by atoms with E-state index in [4.69, 9.17) is 9.47 Å². The Labute approximate surface area is 107 Å². The lowest BCUT2D eigenvalue weighted by Crippen LogP contribution is -2.29. The molecule has 0 bridgehead atoms. The van der Waals surface area contributed by atoms with Crippen LogP contribution in [0.2, 0.25) is 0 Å². The summed E-state index contributed by atoms with van der Waals surface area (Å²) < 4.78 is 13.8. The SMILES string of the molecule is CO[C@H]1C[C@@H](COC2CCC(C)CC2)N(P)C1. The van der Waals surface area contributed by atoms with Crippen LogP contribution in [0.4, 0.5) is 0 Å². The van der Waals surface area contributed by atoms with Gasteiger partial charge >= 0.3 is 0 Å². The Morgan fingerprint density at radius 3 is 2.47 bits per heavy atom. The topological polar surface area (TPSA) is 21.7 Å². The van der Waals surface area contributed by atoms with Gasteiger partial charge in [-0.3, -0.25) is 4.67 Å². The predicted molar refractivity (Wildman–Crippen MR) is 73.0 cm³/mol. The third kappa shape index (κ3) is 3.89. The van der Waals surface area contributed by atoms with Crippen molar-refractivity contribution >= 4 is 9.39 Å². The molecule has 0 aromatic carbocycles. The highest BCUT2D eigenvalue weighted by molar-refractivity contribution is 7.13. The van der Waals surface area contributed by atoms with Crippen LogP contribution in [0, 0.1) is 5.92 Å². The van der Waals surface area contributed by atoms with E-state index in [0.717, 1.165) is 25.5 Å². The smallest absolute Gasteiger partial charge is 0.0717 e. The summed E-state index contributed by atoms with van der Waals surface area (Å²) in [4.78, 5) is 0. The summed E-state index contributed by atoms with van der Waals surface area (Å²) in [5.74, 6) is 0.900. The largest absolute Gasteiger partial charge is 0.380 e. The number of hydrogen-bond acceptors (Lipinski definition) is 3. The van der Waals surface area contributed by atoms with Crippen molar-refractivity contribution in [2.45, 2.75) is 57.3 Å². The zero-order chi connectivity index (χ0) is 12.3. The highest BCUT2D eigenvalue weighted by atomic mass is 31.0. The van der Waals surface area contributed by atoms with Crippen molar-refractivity contribution in [1.29, 1.82) is 0 Å². The Kier molecular flexibility index (Phi) is 5.23. The molecule has 2 aliphatic rings. The Morgan fingerprint density at radius 2 is 1.88 bits per heavy atom. The fourth-order valence-electron chi connectivity index (χ4n) is 2.88. The molecule has 1 aliphatic carbocycles. The van der Waals surface area contributed by atoms with Crippen molar-refractivity contribution in [3.05, 3.63) is 0 Å². The van der Waals surface area contributed by atoms with Gasteiger partial charge in [0.05, 0.1) is 18.8 Å². The molecule has 1 saturated carbocycles. The summed E-state index contributed by atoms with van der Waals surface area (Å²) in [6.07, 6.45) is 7.15. The molecule has 3 atom stereocenters. The Bertz CT molecular complexity index is 231. The molecule has 2 fully saturated rings. The average molecular weight is 259 g/mol. The monoisotopic (exact) mass is 259 g/mol. The number of ether oxygens (including phenoxy) is 2. The zero-order valence-corrected chi connectivity index (χ0v) is 12.3. The van der Waals surface area contributed by atoms with E-state index in [1.807, 2.05) is 0 Å². The Hall–Kier alpha value is 0.310. The molecule has 100 valence electrons. The van der Waals surface area contributed by atoms with Gasteiger partial charge in [0.2, 0.25) is 0 Å². The number of nitrogens with zero attached hydrogens (tertiary/aromatic N) is 1. The van der Waals surface area contributed by atoms with Crippen molar-refractivity contribution < 1.29 is 9.47 Å². The van der Waals surface area contributed by atoms with Gasteiger partial charge in [-0.2, -0.15) is 0 Å². The molecule has 0 aromatic rings. The van der Waals surface area contributed by atoms with E-state index in [1.54, 1.807) is 7.11 Å². The molecule has 0 radical (unpaired) electrons. The maximum atomic E-state index is 6.07. The fraction of sp³-hybridized carbons (Fsp3) is 1.00. The van der Waals surface area contributed by atoms with Crippen LogP contribution in [0.1, 0.15) is 39.0 Å². The second-order valence-electron chi connectivity index (χ2n) is 5.66. The van der Waals surface area contributed by atoms with E-state index < -0.39 is 0 Å². The standard InChI is InChI=1S/C13H26NO2P/c1-10-3-5-12(6-4-10)16-9-11-7-13(15-2)8-14(11)17/h10-13H,3-9,17H2,1-2H3/t10?,11-,12?,13-/m0/s1. The third-order valence-electron chi connectivity index (χ3n) is 4.24. The first-order valence-corrected chi connectivity index (χ1v) is 7.36. The highest BCUT2D eigenvalue weighted by Gasteiger charge is 2.30. The van der Waals surface area contributed by atoms with E-state index in [2.05, 4.69) is 21.0 Å². The van der Waals surface area contributed by atoms with Gasteiger partial charge in [0.1, 0.15) is 0 Å². The molecule has 1 heterocycles. The summed E-state index contributed by atoms with van der Waals surface area (Å²) in [7, 11) is 4.61. The van der Waals surface area contributed by atoms with Gasteiger partial charge in [-0.25, -0.2) is 0 Å². The molecule has 1 unspecified atom stereocenters. The molecular formula is C13H26NO2P. The van der Waals surface area contributed by atoms with Crippen LogP contribution >= 0.6 is 9.39 Å². The molecule has 1 aliphatic heterocycles. The molecule has 0 N–H and O–H groups in total. The molecule has 0 spiro atoms. The third-order valence-corrected chi connectivity index (χ3v) is 4.87. The van der Waals surface area contributed by atoms with Gasteiger partial charge in [-0.05, 0) is 38.0 Å². The quantitative estimate of drug-likeness (QED) is 0.724. The van der Waals surface area contributed by atoms with Gasteiger partial charge in [0.25, 0.3) is 0 Å². The second-order valence-corrected chi connectivity index (χ2v) is 6.32. The fourth-order valence-corrected chi connectivity index (χ4v) is 3.32. The van der Waals surface area contributed by atoms with E-state index in [1.165, 1.54) is 25.7 Å². The summed E-state index contributed by atoms with van der Waals surface area (Å²) in [5.41, 5.74) is 0. The van der Waals surface area contributed by atoms with E-state index >= 15 is 0 Å². The van der Waals surface area contributed by atoms with Gasteiger partial charge in [0.15, 0.2) is 0 Å². The lowest BCUT2D eigenvalue weighted by Gasteiger charge is -2.28. The van der Waals surface area contributed by atoms with Crippen molar-refractivity contribution in [2.75, 3.05) is 20.3 Å².